The molecule has 0 bridgehead atoms. The molecule has 1 aliphatic heterocycles. The summed E-state index contributed by atoms with van der Waals surface area (Å²) in [6.45, 7) is 5.10. The van der Waals surface area contributed by atoms with Crippen LogP contribution >= 0.6 is 0 Å². The minimum absolute atomic E-state index is 0.830. The molecule has 3 nitrogen and oxygen atoms in total. The lowest BCUT2D eigenvalue weighted by molar-refractivity contribution is 0.754. The lowest BCUT2D eigenvalue weighted by atomic mass is 10.1. The quantitative estimate of drug-likeness (QED) is 0.784. The molecule has 0 saturated heterocycles. The van der Waals surface area contributed by atoms with Crippen molar-refractivity contribution in [3.05, 3.63) is 35.5 Å². The molecule has 0 saturated carbocycles. The van der Waals surface area contributed by atoms with E-state index in [2.05, 4.69) is 46.4 Å². The number of nitrogens with one attached hydrogen (secondary N) is 1. The minimum atomic E-state index is 0.830. The third kappa shape index (κ3) is 2.61. The van der Waals surface area contributed by atoms with Crippen molar-refractivity contribution in [1.29, 1.82) is 0 Å². The topological polar surface area (TPSA) is 28.2 Å². The molecule has 16 heavy (non-hydrogen) atoms. The summed E-state index contributed by atoms with van der Waals surface area (Å²) >= 11 is 0. The van der Waals surface area contributed by atoms with Gasteiger partial charge in [0.15, 0.2) is 0 Å². The van der Waals surface area contributed by atoms with Crippen LogP contribution in [0.4, 0.5) is 5.82 Å². The minimum Gasteiger partial charge on any atom is -0.353 e. The van der Waals surface area contributed by atoms with Gasteiger partial charge in [0, 0.05) is 19.6 Å². The second-order valence-corrected chi connectivity index (χ2v) is 4.26. The molecule has 0 amide bonds. The predicted molar refractivity (Wildman–Crippen MR) is 67.6 cm³/mol. The second-order valence-electron chi connectivity index (χ2n) is 4.26. The number of hydrogen-bond acceptors (Lipinski definition) is 3. The van der Waals surface area contributed by atoms with Gasteiger partial charge in [-0.1, -0.05) is 17.7 Å². The number of pyridine rings is 1. The molecule has 0 aliphatic carbocycles. The third-order valence-corrected chi connectivity index (χ3v) is 2.91. The molecule has 3 heteroatoms. The summed E-state index contributed by atoms with van der Waals surface area (Å²) in [7, 11) is 1.95. The Balaban J connectivity index is 2.11. The molecule has 0 spiro atoms. The van der Waals surface area contributed by atoms with Crippen LogP contribution in [0.25, 0.3) is 0 Å². The van der Waals surface area contributed by atoms with E-state index in [9.17, 15) is 0 Å². The summed E-state index contributed by atoms with van der Waals surface area (Å²) in [6.07, 6.45) is 3.44. The van der Waals surface area contributed by atoms with Gasteiger partial charge in [-0.15, -0.1) is 0 Å². The molecule has 1 aromatic rings. The first kappa shape index (κ1) is 11.1. The monoisotopic (exact) mass is 217 g/mol. The fourth-order valence-electron chi connectivity index (χ4n) is 1.90. The van der Waals surface area contributed by atoms with E-state index in [-0.39, 0.29) is 0 Å². The zero-order chi connectivity index (χ0) is 11.4. The molecule has 0 aromatic carbocycles. The lowest BCUT2D eigenvalue weighted by Crippen LogP contribution is -2.29. The molecule has 2 heterocycles. The summed E-state index contributed by atoms with van der Waals surface area (Å²) in [4.78, 5) is 6.97. The molecule has 0 atom stereocenters. The van der Waals surface area contributed by atoms with Crippen LogP contribution in [0.15, 0.2) is 29.8 Å². The van der Waals surface area contributed by atoms with Crippen LogP contribution in [0.3, 0.4) is 0 Å². The molecule has 0 fully saturated rings. The standard InChI is InChI=1S/C13H19N3/c1-11-6-8-16(9-7-11)13-5-3-4-12(15-13)10-14-2/h3-6,14H,7-10H2,1-2H3. The number of aromatic nitrogens is 1. The predicted octanol–water partition coefficient (Wildman–Crippen LogP) is 1.96. The Labute approximate surface area is 97.2 Å². The average Bonchev–Trinajstić information content (AvgIpc) is 2.31. The van der Waals surface area contributed by atoms with Gasteiger partial charge in [-0.3, -0.25) is 0 Å². The van der Waals surface area contributed by atoms with Crippen LogP contribution in [0, 0.1) is 0 Å². The molecule has 0 radical (unpaired) electrons. The van der Waals surface area contributed by atoms with Gasteiger partial charge in [0.05, 0.1) is 5.69 Å². The van der Waals surface area contributed by atoms with E-state index in [4.69, 9.17) is 0 Å². The van der Waals surface area contributed by atoms with E-state index in [0.29, 0.717) is 0 Å². The Morgan fingerprint density at radius 2 is 2.31 bits per heavy atom. The summed E-state index contributed by atoms with van der Waals surface area (Å²) in [5.41, 5.74) is 2.59. The van der Waals surface area contributed by atoms with Gasteiger partial charge >= 0.3 is 0 Å². The average molecular weight is 217 g/mol. The van der Waals surface area contributed by atoms with Gasteiger partial charge in [-0.2, -0.15) is 0 Å². The highest BCUT2D eigenvalue weighted by atomic mass is 15.2. The normalized spacial score (nSPS) is 16.1. The van der Waals surface area contributed by atoms with Crippen molar-refractivity contribution >= 4 is 5.82 Å². The Morgan fingerprint density at radius 1 is 1.44 bits per heavy atom. The van der Waals surface area contributed by atoms with Crippen molar-refractivity contribution in [3.8, 4) is 0 Å². The summed E-state index contributed by atoms with van der Waals surface area (Å²) in [5, 5.41) is 3.13. The van der Waals surface area contributed by atoms with Gasteiger partial charge in [-0.05, 0) is 32.5 Å². The Morgan fingerprint density at radius 3 is 3.00 bits per heavy atom. The van der Waals surface area contributed by atoms with E-state index in [0.717, 1.165) is 37.6 Å². The van der Waals surface area contributed by atoms with Crippen LogP contribution in [0.5, 0.6) is 0 Å². The molecule has 1 aliphatic rings. The molecule has 1 aromatic heterocycles. The van der Waals surface area contributed by atoms with Crippen molar-refractivity contribution in [1.82, 2.24) is 10.3 Å². The fraction of sp³-hybridized carbons (Fsp3) is 0.462. The third-order valence-electron chi connectivity index (χ3n) is 2.91. The van der Waals surface area contributed by atoms with Crippen LogP contribution in [-0.4, -0.2) is 25.1 Å². The maximum Gasteiger partial charge on any atom is 0.129 e. The van der Waals surface area contributed by atoms with Crippen LogP contribution in [0.2, 0.25) is 0 Å². The molecule has 1 N–H and O–H groups in total. The van der Waals surface area contributed by atoms with Crippen LogP contribution < -0.4 is 10.2 Å². The zero-order valence-corrected chi connectivity index (χ0v) is 10.0. The van der Waals surface area contributed by atoms with Crippen molar-refractivity contribution in [2.24, 2.45) is 0 Å². The second kappa shape index (κ2) is 5.12. The van der Waals surface area contributed by atoms with Gasteiger partial charge < -0.3 is 10.2 Å². The number of nitrogens with zero attached hydrogens (tertiary/aromatic N) is 2. The summed E-state index contributed by atoms with van der Waals surface area (Å²) < 4.78 is 0. The van der Waals surface area contributed by atoms with E-state index < -0.39 is 0 Å². The molecule has 86 valence electrons. The van der Waals surface area contributed by atoms with Crippen molar-refractivity contribution in [2.75, 3.05) is 25.0 Å². The van der Waals surface area contributed by atoms with Gasteiger partial charge in [-0.25, -0.2) is 4.98 Å². The maximum atomic E-state index is 4.65. The first-order chi connectivity index (χ1) is 7.79. The van der Waals surface area contributed by atoms with E-state index in [1.54, 1.807) is 0 Å². The van der Waals surface area contributed by atoms with E-state index >= 15 is 0 Å². The zero-order valence-electron chi connectivity index (χ0n) is 10.0. The summed E-state index contributed by atoms with van der Waals surface area (Å²) in [5.74, 6) is 1.09. The summed E-state index contributed by atoms with van der Waals surface area (Å²) in [6, 6.07) is 6.23. The molecular weight excluding hydrogens is 198 g/mol. The molecule has 0 unspecified atom stereocenters. The fourth-order valence-corrected chi connectivity index (χ4v) is 1.90. The molecular formula is C13H19N3. The Hall–Kier alpha value is -1.35. The van der Waals surface area contributed by atoms with Gasteiger partial charge in [0.2, 0.25) is 0 Å². The van der Waals surface area contributed by atoms with Crippen LogP contribution in [-0.2, 0) is 6.54 Å². The SMILES string of the molecule is CNCc1cccc(N2CC=C(C)CC2)n1. The van der Waals surface area contributed by atoms with Gasteiger partial charge in [0.1, 0.15) is 5.82 Å². The highest BCUT2D eigenvalue weighted by Crippen LogP contribution is 2.17. The first-order valence-electron chi connectivity index (χ1n) is 5.80. The smallest absolute Gasteiger partial charge is 0.129 e. The number of anilines is 1. The Bertz CT molecular complexity index is 385. The lowest BCUT2D eigenvalue weighted by Gasteiger charge is -2.26. The first-order valence-corrected chi connectivity index (χ1v) is 5.80. The van der Waals surface area contributed by atoms with Crippen molar-refractivity contribution in [2.45, 2.75) is 19.9 Å². The van der Waals surface area contributed by atoms with Crippen LogP contribution in [0.1, 0.15) is 19.0 Å². The maximum absolute atomic E-state index is 4.65. The van der Waals surface area contributed by atoms with E-state index in [1.807, 2.05) is 7.05 Å². The molecule has 2 rings (SSSR count). The number of hydrogen-bond donors (Lipinski definition) is 1. The van der Waals surface area contributed by atoms with E-state index in [1.165, 1.54) is 5.57 Å². The number of rotatable bonds is 3. The van der Waals surface area contributed by atoms with Gasteiger partial charge in [0.25, 0.3) is 0 Å². The van der Waals surface area contributed by atoms with Crippen molar-refractivity contribution < 1.29 is 0 Å². The highest BCUT2D eigenvalue weighted by Gasteiger charge is 2.11. The largest absolute Gasteiger partial charge is 0.353 e. The van der Waals surface area contributed by atoms with Crippen molar-refractivity contribution in [3.63, 3.8) is 0 Å². The highest BCUT2D eigenvalue weighted by molar-refractivity contribution is 5.41. The Kier molecular flexibility index (Phi) is 3.57.